The molecule has 2 amide bonds. The first-order valence-corrected chi connectivity index (χ1v) is 8.62. The predicted octanol–water partition coefficient (Wildman–Crippen LogP) is 2.19. The van der Waals surface area contributed by atoms with Gasteiger partial charge < -0.3 is 10.6 Å². The van der Waals surface area contributed by atoms with Gasteiger partial charge in [0, 0.05) is 30.4 Å². The van der Waals surface area contributed by atoms with Gasteiger partial charge in [-0.1, -0.05) is 17.7 Å². The van der Waals surface area contributed by atoms with Crippen molar-refractivity contribution < 1.29 is 18.0 Å². The zero-order valence-corrected chi connectivity index (χ0v) is 13.4. The molecule has 1 aromatic rings. The fraction of sp³-hybridized carbons (Fsp3) is 0.286. The molecule has 1 heterocycles. The first kappa shape index (κ1) is 16.5. The predicted molar refractivity (Wildman–Crippen MR) is 85.4 cm³/mol. The van der Waals surface area contributed by atoms with E-state index in [2.05, 4.69) is 10.6 Å². The molecule has 0 aromatic heterocycles. The lowest BCUT2D eigenvalue weighted by Gasteiger charge is -2.10. The summed E-state index contributed by atoms with van der Waals surface area (Å²) in [6.07, 6.45) is 1.61. The van der Waals surface area contributed by atoms with Gasteiger partial charge in [0.05, 0.1) is 16.5 Å². The maximum Gasteiger partial charge on any atom is 0.224 e. The number of allylic oxidation sites excluding steroid dienone is 1. The van der Waals surface area contributed by atoms with Crippen LogP contribution in [0.4, 0.5) is 11.4 Å². The number of carbonyl (C=O) groups excluding carboxylic acids is 2. The number of rotatable bonds is 4. The Labute approximate surface area is 133 Å². The number of halogens is 1. The lowest BCUT2D eigenvalue weighted by Crippen LogP contribution is -2.17. The van der Waals surface area contributed by atoms with Gasteiger partial charge in [-0.25, -0.2) is 8.42 Å². The Hall–Kier alpha value is -1.86. The summed E-state index contributed by atoms with van der Waals surface area (Å²) in [6, 6.07) is 4.71. The van der Waals surface area contributed by atoms with E-state index in [9.17, 15) is 18.0 Å². The number of benzene rings is 1. The highest BCUT2D eigenvalue weighted by Crippen LogP contribution is 2.26. The number of amides is 2. The van der Waals surface area contributed by atoms with E-state index in [0.717, 1.165) is 5.41 Å². The molecule has 0 aliphatic carbocycles. The minimum Gasteiger partial charge on any atom is -0.326 e. The fourth-order valence-corrected chi connectivity index (χ4v) is 3.73. The van der Waals surface area contributed by atoms with Crippen molar-refractivity contribution in [1.82, 2.24) is 0 Å². The van der Waals surface area contributed by atoms with Crippen molar-refractivity contribution in [2.45, 2.75) is 13.3 Å². The number of carbonyl (C=O) groups is 2. The van der Waals surface area contributed by atoms with Crippen molar-refractivity contribution in [1.29, 1.82) is 0 Å². The SMILES string of the molecule is CC(=O)Nc1ccc(NC(=O)CC2C=CS(=O)(=O)C2)cc1Cl. The molecule has 0 saturated heterocycles. The summed E-state index contributed by atoms with van der Waals surface area (Å²) in [5.41, 5.74) is 0.936. The lowest BCUT2D eigenvalue weighted by atomic mass is 10.1. The molecule has 1 aliphatic heterocycles. The van der Waals surface area contributed by atoms with E-state index >= 15 is 0 Å². The second kappa shape index (κ2) is 6.50. The molecule has 118 valence electrons. The molecular formula is C14H15ClN2O4S. The van der Waals surface area contributed by atoms with Crippen LogP contribution in [0.3, 0.4) is 0 Å². The second-order valence-electron chi connectivity index (χ2n) is 5.05. The number of nitrogens with one attached hydrogen (secondary N) is 2. The van der Waals surface area contributed by atoms with E-state index in [4.69, 9.17) is 11.6 Å². The number of anilines is 2. The topological polar surface area (TPSA) is 92.3 Å². The minimum atomic E-state index is -3.16. The zero-order valence-electron chi connectivity index (χ0n) is 11.8. The molecule has 6 nitrogen and oxygen atoms in total. The monoisotopic (exact) mass is 342 g/mol. The van der Waals surface area contributed by atoms with Crippen LogP contribution >= 0.6 is 11.6 Å². The van der Waals surface area contributed by atoms with Crippen LogP contribution in [0.5, 0.6) is 0 Å². The molecule has 0 saturated carbocycles. The van der Waals surface area contributed by atoms with Gasteiger partial charge in [-0.3, -0.25) is 9.59 Å². The highest BCUT2D eigenvalue weighted by molar-refractivity contribution is 7.94. The van der Waals surface area contributed by atoms with E-state index in [1.54, 1.807) is 12.1 Å². The normalized spacial score (nSPS) is 18.9. The van der Waals surface area contributed by atoms with Gasteiger partial charge in [0.2, 0.25) is 11.8 Å². The van der Waals surface area contributed by atoms with Crippen molar-refractivity contribution in [3.05, 3.63) is 34.7 Å². The third-order valence-electron chi connectivity index (χ3n) is 3.02. The van der Waals surface area contributed by atoms with Gasteiger partial charge in [-0.2, -0.15) is 0 Å². The largest absolute Gasteiger partial charge is 0.326 e. The van der Waals surface area contributed by atoms with Crippen molar-refractivity contribution >= 4 is 44.6 Å². The van der Waals surface area contributed by atoms with Crippen molar-refractivity contribution in [3.8, 4) is 0 Å². The molecule has 22 heavy (non-hydrogen) atoms. The number of hydrogen-bond donors (Lipinski definition) is 2. The van der Waals surface area contributed by atoms with Gasteiger partial charge in [-0.05, 0) is 18.2 Å². The minimum absolute atomic E-state index is 0.0390. The third-order valence-corrected chi connectivity index (χ3v) is 4.79. The summed E-state index contributed by atoms with van der Waals surface area (Å²) < 4.78 is 22.6. The molecule has 1 atom stereocenters. The number of hydrogen-bond acceptors (Lipinski definition) is 4. The molecule has 2 N–H and O–H groups in total. The Kier molecular flexibility index (Phi) is 4.87. The zero-order chi connectivity index (χ0) is 16.3. The molecule has 0 radical (unpaired) electrons. The van der Waals surface area contributed by atoms with Crippen LogP contribution in [0.2, 0.25) is 5.02 Å². The van der Waals surface area contributed by atoms with Crippen LogP contribution in [0.25, 0.3) is 0 Å². The molecule has 1 unspecified atom stereocenters. The Bertz CT molecular complexity index is 743. The maximum absolute atomic E-state index is 11.9. The lowest BCUT2D eigenvalue weighted by molar-refractivity contribution is -0.116. The Morgan fingerprint density at radius 2 is 2.05 bits per heavy atom. The van der Waals surface area contributed by atoms with Crippen LogP contribution in [-0.2, 0) is 19.4 Å². The smallest absolute Gasteiger partial charge is 0.224 e. The molecule has 8 heteroatoms. The molecule has 0 fully saturated rings. The highest BCUT2D eigenvalue weighted by atomic mass is 35.5. The van der Waals surface area contributed by atoms with Gasteiger partial charge in [0.25, 0.3) is 0 Å². The standard InChI is InChI=1S/C14H15ClN2O4S/c1-9(18)16-13-3-2-11(7-12(13)15)17-14(19)6-10-4-5-22(20,21)8-10/h2-5,7,10H,6,8H2,1H3,(H,16,18)(H,17,19). The Balaban J connectivity index is 1.96. The Morgan fingerprint density at radius 3 is 2.59 bits per heavy atom. The highest BCUT2D eigenvalue weighted by Gasteiger charge is 2.23. The average Bonchev–Trinajstić information content (AvgIpc) is 2.71. The van der Waals surface area contributed by atoms with E-state index in [-0.39, 0.29) is 29.9 Å². The van der Waals surface area contributed by atoms with Crippen LogP contribution in [0, 0.1) is 5.92 Å². The summed E-state index contributed by atoms with van der Waals surface area (Å²) in [4.78, 5) is 22.9. The van der Waals surface area contributed by atoms with Gasteiger partial charge in [-0.15, -0.1) is 0 Å². The van der Waals surface area contributed by atoms with Crippen molar-refractivity contribution in [3.63, 3.8) is 0 Å². The van der Waals surface area contributed by atoms with Crippen molar-refractivity contribution in [2.75, 3.05) is 16.4 Å². The molecule has 1 aromatic carbocycles. The molecule has 0 spiro atoms. The van der Waals surface area contributed by atoms with E-state index in [0.29, 0.717) is 16.4 Å². The second-order valence-corrected chi connectivity index (χ2v) is 7.38. The Morgan fingerprint density at radius 1 is 1.32 bits per heavy atom. The summed E-state index contributed by atoms with van der Waals surface area (Å²) in [6.45, 7) is 1.37. The molecule has 2 rings (SSSR count). The van der Waals surface area contributed by atoms with Gasteiger partial charge >= 0.3 is 0 Å². The van der Waals surface area contributed by atoms with Crippen LogP contribution < -0.4 is 10.6 Å². The fourth-order valence-electron chi connectivity index (χ4n) is 2.10. The molecule has 0 bridgehead atoms. The quantitative estimate of drug-likeness (QED) is 0.877. The van der Waals surface area contributed by atoms with Crippen LogP contribution in [-0.4, -0.2) is 26.0 Å². The molecular weight excluding hydrogens is 328 g/mol. The van der Waals surface area contributed by atoms with Gasteiger partial charge in [0.15, 0.2) is 9.84 Å². The maximum atomic E-state index is 11.9. The summed E-state index contributed by atoms with van der Waals surface area (Å²) in [7, 11) is -3.16. The van der Waals surface area contributed by atoms with E-state index in [1.165, 1.54) is 19.1 Å². The number of sulfone groups is 1. The average molecular weight is 343 g/mol. The van der Waals surface area contributed by atoms with E-state index < -0.39 is 9.84 Å². The summed E-state index contributed by atoms with van der Waals surface area (Å²) >= 11 is 6.01. The van der Waals surface area contributed by atoms with Gasteiger partial charge in [0.1, 0.15) is 0 Å². The van der Waals surface area contributed by atoms with Crippen LogP contribution in [0.15, 0.2) is 29.7 Å². The van der Waals surface area contributed by atoms with Crippen molar-refractivity contribution in [2.24, 2.45) is 5.92 Å². The first-order chi connectivity index (χ1) is 10.2. The first-order valence-electron chi connectivity index (χ1n) is 6.53. The van der Waals surface area contributed by atoms with Crippen LogP contribution in [0.1, 0.15) is 13.3 Å². The molecule has 1 aliphatic rings. The summed E-state index contributed by atoms with van der Waals surface area (Å²) in [5, 5.41) is 6.66. The third kappa shape index (κ3) is 4.57. The summed E-state index contributed by atoms with van der Waals surface area (Å²) in [5.74, 6) is -0.884. The van der Waals surface area contributed by atoms with E-state index in [1.807, 2.05) is 0 Å².